The first kappa shape index (κ1) is 17.7. The van der Waals surface area contributed by atoms with E-state index in [0.717, 1.165) is 0 Å². The summed E-state index contributed by atoms with van der Waals surface area (Å²) in [6.45, 7) is 13.7. The van der Waals surface area contributed by atoms with E-state index < -0.39 is 0 Å². The minimum atomic E-state index is 0. The second kappa shape index (κ2) is 5.74. The van der Waals surface area contributed by atoms with Crippen LogP contribution in [0, 0.1) is 6.42 Å². The quantitative estimate of drug-likeness (QED) is 0.372. The van der Waals surface area contributed by atoms with Crippen LogP contribution >= 0.6 is 0 Å². The summed E-state index contributed by atoms with van der Waals surface area (Å²) in [4.78, 5) is 0. The third-order valence-corrected chi connectivity index (χ3v) is 4.44. The van der Waals surface area contributed by atoms with Crippen LogP contribution in [-0.4, -0.2) is 0 Å². The number of hydrogen-bond donors (Lipinski definition) is 0. The first-order chi connectivity index (χ1) is 9.66. The summed E-state index contributed by atoms with van der Waals surface area (Å²) >= 11 is 0. The maximum absolute atomic E-state index is 2.38. The molecule has 0 fully saturated rings. The monoisotopic (exact) mass is 457 g/mol. The zero-order chi connectivity index (χ0) is 15.4. The van der Waals surface area contributed by atoms with Crippen LogP contribution < -0.4 is 0 Å². The summed E-state index contributed by atoms with van der Waals surface area (Å²) in [6, 6.07) is 13.8. The van der Waals surface area contributed by atoms with Crippen molar-refractivity contribution in [3.8, 4) is 11.1 Å². The Morgan fingerprint density at radius 1 is 0.591 bits per heavy atom. The molecular formula is C21H25Hf. The molecule has 0 unspecified atom stereocenters. The number of rotatable bonds is 0. The molecule has 22 heavy (non-hydrogen) atoms. The van der Waals surface area contributed by atoms with Crippen molar-refractivity contribution in [1.82, 2.24) is 0 Å². The molecule has 113 valence electrons. The van der Waals surface area contributed by atoms with Gasteiger partial charge in [0, 0.05) is 32.3 Å². The van der Waals surface area contributed by atoms with Gasteiger partial charge in [-0.3, -0.25) is 0 Å². The summed E-state index contributed by atoms with van der Waals surface area (Å²) < 4.78 is 0. The fourth-order valence-corrected chi connectivity index (χ4v) is 2.93. The molecule has 0 saturated heterocycles. The van der Waals surface area contributed by atoms with E-state index >= 15 is 0 Å². The average molecular weight is 456 g/mol. The Balaban J connectivity index is 0.00000176. The van der Waals surface area contributed by atoms with Crippen molar-refractivity contribution in [2.75, 3.05) is 0 Å². The van der Waals surface area contributed by atoms with Crippen LogP contribution in [0.25, 0.3) is 11.1 Å². The Hall–Kier alpha value is -0.690. The summed E-state index contributed by atoms with van der Waals surface area (Å²) in [5.41, 5.74) is 8.69. The Kier molecular flexibility index (Phi) is 4.61. The Labute approximate surface area is 154 Å². The van der Waals surface area contributed by atoms with Gasteiger partial charge in [-0.1, -0.05) is 77.9 Å². The van der Waals surface area contributed by atoms with Crippen LogP contribution in [-0.2, 0) is 36.7 Å². The first-order valence-electron chi connectivity index (χ1n) is 7.80. The summed E-state index contributed by atoms with van der Waals surface area (Å²) in [7, 11) is 0. The van der Waals surface area contributed by atoms with Gasteiger partial charge in [0.25, 0.3) is 0 Å². The van der Waals surface area contributed by atoms with Gasteiger partial charge in [0.05, 0.1) is 0 Å². The van der Waals surface area contributed by atoms with Gasteiger partial charge in [-0.25, -0.2) is 0 Å². The number of hydrogen-bond acceptors (Lipinski definition) is 0. The minimum Gasteiger partial charge on any atom is -0.0582 e. The maximum atomic E-state index is 2.38. The van der Waals surface area contributed by atoms with Gasteiger partial charge in [-0.15, -0.1) is 0 Å². The number of fused-ring (bicyclic) bond motifs is 3. The van der Waals surface area contributed by atoms with Gasteiger partial charge in [0.15, 0.2) is 0 Å². The topological polar surface area (TPSA) is 0 Å². The molecule has 1 aliphatic rings. The molecule has 0 heterocycles. The molecule has 1 radical (unpaired) electrons. The molecular weight excluding hydrogens is 431 g/mol. The third kappa shape index (κ3) is 3.15. The van der Waals surface area contributed by atoms with Crippen LogP contribution in [0.3, 0.4) is 0 Å². The van der Waals surface area contributed by atoms with E-state index in [9.17, 15) is 0 Å². The fraction of sp³-hybridized carbons (Fsp3) is 0.381. The molecule has 3 rings (SSSR count). The van der Waals surface area contributed by atoms with Gasteiger partial charge < -0.3 is 0 Å². The fourth-order valence-electron chi connectivity index (χ4n) is 2.93. The SMILES string of the molecule is CC(C)(C)c1ccc2c(c1)-c1cc(C(C)(C)C)ccc1[CH]2.[Hf]. The zero-order valence-electron chi connectivity index (χ0n) is 14.5. The summed E-state index contributed by atoms with van der Waals surface area (Å²) in [5.74, 6) is 0. The summed E-state index contributed by atoms with van der Waals surface area (Å²) in [6.07, 6.45) is 2.31. The van der Waals surface area contributed by atoms with Crippen LogP contribution in [0.5, 0.6) is 0 Å². The molecule has 0 spiro atoms. The number of benzene rings is 2. The molecule has 0 aliphatic heterocycles. The molecule has 1 aliphatic carbocycles. The van der Waals surface area contributed by atoms with E-state index in [0.29, 0.717) is 0 Å². The maximum Gasteiger partial charge on any atom is 0.0211 e. The van der Waals surface area contributed by atoms with Crippen molar-refractivity contribution in [3.05, 3.63) is 65.1 Å². The standard InChI is InChI=1S/C21H25.Hf/c1-20(2,3)16-9-7-14-11-15-8-10-17(21(4,5)6)13-19(15)18(14)12-16;/h7-13H,1-6H3;. The van der Waals surface area contributed by atoms with Crippen LogP contribution in [0.4, 0.5) is 0 Å². The smallest absolute Gasteiger partial charge is 0.0211 e. The molecule has 2 aromatic rings. The average Bonchev–Trinajstić information content (AvgIpc) is 2.73. The second-order valence-corrected chi connectivity index (χ2v) is 8.25. The Bertz CT molecular complexity index is 635. The van der Waals surface area contributed by atoms with Crippen molar-refractivity contribution in [1.29, 1.82) is 0 Å². The molecule has 2 aromatic carbocycles. The van der Waals surface area contributed by atoms with Crippen LogP contribution in [0.2, 0.25) is 0 Å². The molecule has 1 heteroatoms. The predicted octanol–water partition coefficient (Wildman–Crippen LogP) is 5.86. The van der Waals surface area contributed by atoms with Crippen molar-refractivity contribution >= 4 is 0 Å². The Morgan fingerprint density at radius 3 is 1.27 bits per heavy atom. The molecule has 0 bridgehead atoms. The van der Waals surface area contributed by atoms with Crippen molar-refractivity contribution < 1.29 is 25.8 Å². The molecule has 0 N–H and O–H groups in total. The van der Waals surface area contributed by atoms with Gasteiger partial charge in [-0.2, -0.15) is 0 Å². The molecule has 0 atom stereocenters. The van der Waals surface area contributed by atoms with Crippen molar-refractivity contribution in [2.24, 2.45) is 0 Å². The van der Waals surface area contributed by atoms with Crippen LogP contribution in [0.15, 0.2) is 36.4 Å². The van der Waals surface area contributed by atoms with E-state index in [-0.39, 0.29) is 36.7 Å². The largest absolute Gasteiger partial charge is 0.0582 e. The van der Waals surface area contributed by atoms with E-state index in [2.05, 4.69) is 84.4 Å². The Morgan fingerprint density at radius 2 is 0.955 bits per heavy atom. The van der Waals surface area contributed by atoms with Gasteiger partial charge >= 0.3 is 0 Å². The van der Waals surface area contributed by atoms with E-state index in [1.807, 2.05) is 0 Å². The summed E-state index contributed by atoms with van der Waals surface area (Å²) in [5, 5.41) is 0. The van der Waals surface area contributed by atoms with Gasteiger partial charge in [-0.05, 0) is 44.2 Å². The molecule has 0 amide bonds. The minimum absolute atomic E-state index is 0. The first-order valence-corrected chi connectivity index (χ1v) is 7.80. The molecule has 0 saturated carbocycles. The normalized spacial score (nSPS) is 13.4. The van der Waals surface area contributed by atoms with Gasteiger partial charge in [0.2, 0.25) is 0 Å². The van der Waals surface area contributed by atoms with E-state index in [1.54, 1.807) is 0 Å². The van der Waals surface area contributed by atoms with E-state index in [1.165, 1.54) is 33.4 Å². The molecule has 0 aromatic heterocycles. The zero-order valence-corrected chi connectivity index (χ0v) is 18.1. The predicted molar refractivity (Wildman–Crippen MR) is 91.8 cm³/mol. The van der Waals surface area contributed by atoms with Crippen LogP contribution in [0.1, 0.15) is 63.8 Å². The third-order valence-electron chi connectivity index (χ3n) is 4.44. The van der Waals surface area contributed by atoms with Crippen molar-refractivity contribution in [2.45, 2.75) is 52.4 Å². The van der Waals surface area contributed by atoms with Crippen molar-refractivity contribution in [3.63, 3.8) is 0 Å². The van der Waals surface area contributed by atoms with E-state index in [4.69, 9.17) is 0 Å². The second-order valence-electron chi connectivity index (χ2n) is 8.25. The molecule has 0 nitrogen and oxygen atoms in total. The van der Waals surface area contributed by atoms with Gasteiger partial charge in [0.1, 0.15) is 0 Å².